The standard InChI is InChI=1S/C16H16BrClO/c1-10-6-7-12(15(18)8-10)9-16(19)13-4-3-5-14(17)11(13)2/h3-8,16,19H,9H2,1-2H3. The van der Waals surface area contributed by atoms with Gasteiger partial charge in [0.25, 0.3) is 0 Å². The normalized spacial score (nSPS) is 12.5. The molecule has 0 saturated heterocycles. The number of benzene rings is 2. The Labute approximate surface area is 127 Å². The van der Waals surface area contributed by atoms with E-state index in [1.807, 2.05) is 50.2 Å². The smallest absolute Gasteiger partial charge is 0.0833 e. The molecule has 19 heavy (non-hydrogen) atoms. The molecule has 2 aromatic rings. The van der Waals surface area contributed by atoms with Gasteiger partial charge in [-0.2, -0.15) is 0 Å². The predicted octanol–water partition coefficient (Wildman–Crippen LogP) is 5.00. The topological polar surface area (TPSA) is 20.2 Å². The van der Waals surface area contributed by atoms with E-state index in [2.05, 4.69) is 15.9 Å². The highest BCUT2D eigenvalue weighted by molar-refractivity contribution is 9.10. The minimum absolute atomic E-state index is 0.524. The van der Waals surface area contributed by atoms with Gasteiger partial charge in [0.2, 0.25) is 0 Å². The lowest BCUT2D eigenvalue weighted by Crippen LogP contribution is -2.04. The zero-order chi connectivity index (χ0) is 14.0. The number of halogens is 2. The van der Waals surface area contributed by atoms with Crippen LogP contribution in [0.4, 0.5) is 0 Å². The first-order valence-corrected chi connectivity index (χ1v) is 7.34. The van der Waals surface area contributed by atoms with Crippen LogP contribution in [0.3, 0.4) is 0 Å². The Morgan fingerprint density at radius 1 is 1.21 bits per heavy atom. The fraction of sp³-hybridized carbons (Fsp3) is 0.250. The molecule has 0 aliphatic carbocycles. The van der Waals surface area contributed by atoms with Gasteiger partial charge < -0.3 is 5.11 Å². The molecule has 0 fully saturated rings. The maximum absolute atomic E-state index is 10.4. The summed E-state index contributed by atoms with van der Waals surface area (Å²) in [6, 6.07) is 11.8. The summed E-state index contributed by atoms with van der Waals surface area (Å²) in [4.78, 5) is 0. The Kier molecular flexibility index (Phi) is 4.67. The van der Waals surface area contributed by atoms with Crippen molar-refractivity contribution in [2.75, 3.05) is 0 Å². The quantitative estimate of drug-likeness (QED) is 0.834. The van der Waals surface area contributed by atoms with Crippen molar-refractivity contribution in [1.29, 1.82) is 0 Å². The molecule has 1 atom stereocenters. The Morgan fingerprint density at radius 2 is 1.95 bits per heavy atom. The average Bonchev–Trinajstić information content (AvgIpc) is 2.36. The summed E-state index contributed by atoms with van der Waals surface area (Å²) in [6.45, 7) is 4.00. The van der Waals surface area contributed by atoms with Crippen LogP contribution in [0.15, 0.2) is 40.9 Å². The minimum atomic E-state index is -0.544. The summed E-state index contributed by atoms with van der Waals surface area (Å²) in [5.74, 6) is 0. The number of hydrogen-bond acceptors (Lipinski definition) is 1. The van der Waals surface area contributed by atoms with E-state index >= 15 is 0 Å². The van der Waals surface area contributed by atoms with Crippen molar-refractivity contribution < 1.29 is 5.11 Å². The summed E-state index contributed by atoms with van der Waals surface area (Å²) in [6.07, 6.45) is -0.0196. The molecule has 2 aromatic carbocycles. The molecule has 0 bridgehead atoms. The van der Waals surface area contributed by atoms with Gasteiger partial charge in [-0.15, -0.1) is 0 Å². The van der Waals surface area contributed by atoms with Crippen molar-refractivity contribution in [2.24, 2.45) is 0 Å². The molecule has 0 saturated carbocycles. The molecule has 0 radical (unpaired) electrons. The molecule has 1 unspecified atom stereocenters. The lowest BCUT2D eigenvalue weighted by atomic mass is 9.97. The maximum Gasteiger partial charge on any atom is 0.0833 e. The van der Waals surface area contributed by atoms with E-state index in [0.717, 1.165) is 26.7 Å². The van der Waals surface area contributed by atoms with E-state index in [1.165, 1.54) is 0 Å². The molecule has 0 aliphatic heterocycles. The second-order valence-corrected chi connectivity index (χ2v) is 6.03. The van der Waals surface area contributed by atoms with Crippen LogP contribution in [0.2, 0.25) is 5.02 Å². The number of aliphatic hydroxyl groups is 1. The van der Waals surface area contributed by atoms with E-state index in [9.17, 15) is 5.11 Å². The summed E-state index contributed by atoms with van der Waals surface area (Å²) in [5.41, 5.74) is 4.10. The second-order valence-electron chi connectivity index (χ2n) is 4.77. The Bertz CT molecular complexity index is 595. The van der Waals surface area contributed by atoms with Crippen molar-refractivity contribution >= 4 is 27.5 Å². The summed E-state index contributed by atoms with van der Waals surface area (Å²) in [7, 11) is 0. The third-order valence-electron chi connectivity index (χ3n) is 3.29. The number of rotatable bonds is 3. The van der Waals surface area contributed by atoms with Crippen molar-refractivity contribution in [3.63, 3.8) is 0 Å². The van der Waals surface area contributed by atoms with Crippen molar-refractivity contribution in [3.05, 3.63) is 68.1 Å². The second kappa shape index (κ2) is 6.08. The highest BCUT2D eigenvalue weighted by atomic mass is 79.9. The van der Waals surface area contributed by atoms with Gasteiger partial charge in [0.05, 0.1) is 6.10 Å². The van der Waals surface area contributed by atoms with Crippen molar-refractivity contribution in [3.8, 4) is 0 Å². The zero-order valence-electron chi connectivity index (χ0n) is 11.0. The third-order valence-corrected chi connectivity index (χ3v) is 4.50. The molecule has 3 heteroatoms. The van der Waals surface area contributed by atoms with Gasteiger partial charge in [0.1, 0.15) is 0 Å². The van der Waals surface area contributed by atoms with Crippen LogP contribution in [0.1, 0.15) is 28.4 Å². The first kappa shape index (κ1) is 14.6. The molecule has 0 heterocycles. The largest absolute Gasteiger partial charge is 0.388 e. The van der Waals surface area contributed by atoms with E-state index in [1.54, 1.807) is 0 Å². The van der Waals surface area contributed by atoms with Crippen molar-refractivity contribution in [2.45, 2.75) is 26.4 Å². The fourth-order valence-corrected chi connectivity index (χ4v) is 2.82. The van der Waals surface area contributed by atoms with Crippen LogP contribution in [0.25, 0.3) is 0 Å². The molecule has 0 spiro atoms. The molecule has 0 aromatic heterocycles. The SMILES string of the molecule is Cc1ccc(CC(O)c2cccc(Br)c2C)c(Cl)c1. The molecular weight excluding hydrogens is 324 g/mol. The Hall–Kier alpha value is -0.830. The molecular formula is C16H16BrClO. The van der Waals surface area contributed by atoms with Crippen LogP contribution in [0.5, 0.6) is 0 Å². The van der Waals surface area contributed by atoms with E-state index in [0.29, 0.717) is 11.4 Å². The molecule has 1 nitrogen and oxygen atoms in total. The molecule has 100 valence electrons. The van der Waals surface area contributed by atoms with Gasteiger partial charge in [0, 0.05) is 15.9 Å². The van der Waals surface area contributed by atoms with Gasteiger partial charge >= 0.3 is 0 Å². The van der Waals surface area contributed by atoms with Gasteiger partial charge in [-0.05, 0) is 48.2 Å². The number of aryl methyl sites for hydroxylation is 1. The van der Waals surface area contributed by atoms with E-state index in [4.69, 9.17) is 11.6 Å². The van der Waals surface area contributed by atoms with Crippen molar-refractivity contribution in [1.82, 2.24) is 0 Å². The first-order valence-electron chi connectivity index (χ1n) is 6.17. The van der Waals surface area contributed by atoms with E-state index in [-0.39, 0.29) is 0 Å². The Balaban J connectivity index is 2.25. The van der Waals surface area contributed by atoms with E-state index < -0.39 is 6.10 Å². The monoisotopic (exact) mass is 338 g/mol. The highest BCUT2D eigenvalue weighted by Crippen LogP contribution is 2.29. The zero-order valence-corrected chi connectivity index (χ0v) is 13.3. The summed E-state index contributed by atoms with van der Waals surface area (Å²) >= 11 is 9.70. The van der Waals surface area contributed by atoms with Gasteiger partial charge in [-0.1, -0.05) is 51.8 Å². The van der Waals surface area contributed by atoms with Gasteiger partial charge in [-0.25, -0.2) is 0 Å². The van der Waals surface area contributed by atoms with Crippen LogP contribution < -0.4 is 0 Å². The average molecular weight is 340 g/mol. The third kappa shape index (κ3) is 3.38. The number of hydrogen-bond donors (Lipinski definition) is 1. The molecule has 1 N–H and O–H groups in total. The van der Waals surface area contributed by atoms with Crippen LogP contribution in [-0.2, 0) is 6.42 Å². The molecule has 0 amide bonds. The first-order chi connectivity index (χ1) is 8.99. The molecule has 2 rings (SSSR count). The summed E-state index contributed by atoms with van der Waals surface area (Å²) in [5, 5.41) is 11.1. The van der Waals surface area contributed by atoms with Crippen LogP contribution >= 0.6 is 27.5 Å². The summed E-state index contributed by atoms with van der Waals surface area (Å²) < 4.78 is 1.01. The Morgan fingerprint density at radius 3 is 2.63 bits per heavy atom. The number of aliphatic hydroxyl groups excluding tert-OH is 1. The lowest BCUT2D eigenvalue weighted by molar-refractivity contribution is 0.177. The predicted molar refractivity (Wildman–Crippen MR) is 83.7 cm³/mol. The maximum atomic E-state index is 10.4. The lowest BCUT2D eigenvalue weighted by Gasteiger charge is -2.16. The highest BCUT2D eigenvalue weighted by Gasteiger charge is 2.14. The molecule has 0 aliphatic rings. The minimum Gasteiger partial charge on any atom is -0.388 e. The van der Waals surface area contributed by atoms with Gasteiger partial charge in [0.15, 0.2) is 0 Å². The van der Waals surface area contributed by atoms with Crippen LogP contribution in [-0.4, -0.2) is 5.11 Å². The van der Waals surface area contributed by atoms with Crippen LogP contribution in [0, 0.1) is 13.8 Å². The fourth-order valence-electron chi connectivity index (χ4n) is 2.12. The van der Waals surface area contributed by atoms with Gasteiger partial charge in [-0.3, -0.25) is 0 Å².